The molecule has 1 aromatic heterocycles. The predicted molar refractivity (Wildman–Crippen MR) is 73.9 cm³/mol. The van der Waals surface area contributed by atoms with Crippen LogP contribution in [0.15, 0.2) is 12.3 Å². The van der Waals surface area contributed by atoms with Crippen LogP contribution in [0.1, 0.15) is 19.4 Å². The number of aromatic nitrogens is 1. The zero-order valence-electron chi connectivity index (χ0n) is 10.5. The van der Waals surface area contributed by atoms with Crippen LogP contribution in [0.4, 0.5) is 0 Å². The van der Waals surface area contributed by atoms with Crippen LogP contribution in [0.5, 0.6) is 0 Å². The van der Waals surface area contributed by atoms with E-state index in [1.165, 1.54) is 0 Å². The molecule has 0 aliphatic heterocycles. The summed E-state index contributed by atoms with van der Waals surface area (Å²) in [5.74, 6) is 0.0115. The second kappa shape index (κ2) is 7.56. The summed E-state index contributed by atoms with van der Waals surface area (Å²) in [5, 5.41) is 3.71. The van der Waals surface area contributed by atoms with Gasteiger partial charge in [0.1, 0.15) is 5.15 Å². The normalized spacial score (nSPS) is 10.7. The Morgan fingerprint density at radius 1 is 1.44 bits per heavy atom. The first-order valence-corrected chi connectivity index (χ1v) is 6.61. The Kier molecular flexibility index (Phi) is 6.39. The summed E-state index contributed by atoms with van der Waals surface area (Å²) in [4.78, 5) is 17.5. The molecule has 0 atom stereocenters. The van der Waals surface area contributed by atoms with E-state index >= 15 is 0 Å². The molecule has 1 aromatic rings. The summed E-state index contributed by atoms with van der Waals surface area (Å²) in [6, 6.07) is 1.61. The molecule has 0 unspecified atom stereocenters. The molecule has 0 spiro atoms. The molecule has 1 rings (SSSR count). The van der Waals surface area contributed by atoms with Crippen molar-refractivity contribution in [2.45, 2.75) is 20.4 Å². The second-order valence-electron chi connectivity index (χ2n) is 3.86. The zero-order valence-corrected chi connectivity index (χ0v) is 12.1. The van der Waals surface area contributed by atoms with Crippen molar-refractivity contribution < 1.29 is 4.79 Å². The van der Waals surface area contributed by atoms with Crippen LogP contribution in [0.3, 0.4) is 0 Å². The van der Waals surface area contributed by atoms with Crippen molar-refractivity contribution in [2.24, 2.45) is 0 Å². The van der Waals surface area contributed by atoms with Gasteiger partial charge in [0, 0.05) is 29.9 Å². The minimum atomic E-state index is 0.0115. The van der Waals surface area contributed by atoms with Crippen molar-refractivity contribution in [3.63, 3.8) is 0 Å². The lowest BCUT2D eigenvalue weighted by Gasteiger charge is -2.20. The number of likely N-dealkylation sites (N-methyl/N-ethyl adjacent to an activating group) is 2. The van der Waals surface area contributed by atoms with E-state index in [0.717, 1.165) is 12.1 Å². The summed E-state index contributed by atoms with van der Waals surface area (Å²) < 4.78 is 0. The van der Waals surface area contributed by atoms with E-state index in [1.807, 2.05) is 18.7 Å². The Labute approximate surface area is 117 Å². The van der Waals surface area contributed by atoms with E-state index in [1.54, 1.807) is 12.3 Å². The Bertz CT molecular complexity index is 412. The van der Waals surface area contributed by atoms with Gasteiger partial charge in [-0.2, -0.15) is 0 Å². The standard InChI is InChI=1S/C12H17Cl2N3O/c1-3-15-12(18)8-17(4-2)7-9-6-16-11(14)5-10(9)13/h5-6H,3-4,7-8H2,1-2H3,(H,15,18). The molecule has 0 fully saturated rings. The number of carbonyl (C=O) groups excluding carboxylic acids is 1. The summed E-state index contributed by atoms with van der Waals surface area (Å²) in [6.07, 6.45) is 1.64. The molecular weight excluding hydrogens is 273 g/mol. The van der Waals surface area contributed by atoms with Gasteiger partial charge in [-0.3, -0.25) is 9.69 Å². The number of hydrogen-bond acceptors (Lipinski definition) is 3. The van der Waals surface area contributed by atoms with Gasteiger partial charge in [0.05, 0.1) is 6.54 Å². The van der Waals surface area contributed by atoms with Crippen molar-refractivity contribution in [3.8, 4) is 0 Å². The quantitative estimate of drug-likeness (QED) is 0.818. The van der Waals surface area contributed by atoms with Gasteiger partial charge < -0.3 is 5.32 Å². The van der Waals surface area contributed by atoms with Gasteiger partial charge in [-0.1, -0.05) is 30.1 Å². The monoisotopic (exact) mass is 289 g/mol. The average molecular weight is 290 g/mol. The highest BCUT2D eigenvalue weighted by atomic mass is 35.5. The lowest BCUT2D eigenvalue weighted by Crippen LogP contribution is -2.36. The maximum Gasteiger partial charge on any atom is 0.234 e. The summed E-state index contributed by atoms with van der Waals surface area (Å²) in [7, 11) is 0. The fourth-order valence-corrected chi connectivity index (χ4v) is 1.95. The highest BCUT2D eigenvalue weighted by Crippen LogP contribution is 2.19. The van der Waals surface area contributed by atoms with E-state index in [0.29, 0.717) is 29.8 Å². The van der Waals surface area contributed by atoms with Crippen molar-refractivity contribution in [1.82, 2.24) is 15.2 Å². The van der Waals surface area contributed by atoms with Crippen molar-refractivity contribution in [1.29, 1.82) is 0 Å². The van der Waals surface area contributed by atoms with Crippen LogP contribution in [-0.4, -0.2) is 35.4 Å². The zero-order chi connectivity index (χ0) is 13.5. The summed E-state index contributed by atoms with van der Waals surface area (Å²) >= 11 is 11.8. The van der Waals surface area contributed by atoms with Gasteiger partial charge in [-0.15, -0.1) is 0 Å². The van der Waals surface area contributed by atoms with Gasteiger partial charge in [0.25, 0.3) is 0 Å². The molecule has 0 saturated heterocycles. The highest BCUT2D eigenvalue weighted by Gasteiger charge is 2.11. The Balaban J connectivity index is 2.65. The number of nitrogens with zero attached hydrogens (tertiary/aromatic N) is 2. The molecule has 1 N–H and O–H groups in total. The minimum absolute atomic E-state index is 0.0115. The Morgan fingerprint density at radius 3 is 2.72 bits per heavy atom. The molecular formula is C12H17Cl2N3O. The number of rotatable bonds is 6. The molecule has 0 aromatic carbocycles. The van der Waals surface area contributed by atoms with Crippen molar-refractivity contribution in [3.05, 3.63) is 28.0 Å². The Hall–Kier alpha value is -0.840. The van der Waals surface area contributed by atoms with Crippen LogP contribution in [0, 0.1) is 0 Å². The SMILES string of the molecule is CCNC(=O)CN(CC)Cc1cnc(Cl)cc1Cl. The summed E-state index contributed by atoms with van der Waals surface area (Å²) in [6.45, 7) is 6.22. The lowest BCUT2D eigenvalue weighted by atomic mass is 10.2. The molecule has 0 radical (unpaired) electrons. The number of pyridine rings is 1. The smallest absolute Gasteiger partial charge is 0.234 e. The van der Waals surface area contributed by atoms with Crippen LogP contribution in [0.25, 0.3) is 0 Å². The van der Waals surface area contributed by atoms with E-state index in [-0.39, 0.29) is 5.91 Å². The van der Waals surface area contributed by atoms with Gasteiger partial charge in [0.15, 0.2) is 0 Å². The van der Waals surface area contributed by atoms with Gasteiger partial charge >= 0.3 is 0 Å². The number of hydrogen-bond donors (Lipinski definition) is 1. The van der Waals surface area contributed by atoms with Crippen LogP contribution in [0.2, 0.25) is 10.2 Å². The van der Waals surface area contributed by atoms with Crippen LogP contribution < -0.4 is 5.32 Å². The third-order valence-electron chi connectivity index (χ3n) is 2.48. The molecule has 0 bridgehead atoms. The molecule has 18 heavy (non-hydrogen) atoms. The third-order valence-corrected chi connectivity index (χ3v) is 3.04. The van der Waals surface area contributed by atoms with E-state index in [4.69, 9.17) is 23.2 Å². The highest BCUT2D eigenvalue weighted by molar-refractivity contribution is 6.34. The largest absolute Gasteiger partial charge is 0.355 e. The van der Waals surface area contributed by atoms with Gasteiger partial charge in [-0.05, 0) is 19.5 Å². The molecule has 0 saturated carbocycles. The first-order valence-electron chi connectivity index (χ1n) is 5.85. The van der Waals surface area contributed by atoms with Crippen LogP contribution >= 0.6 is 23.2 Å². The van der Waals surface area contributed by atoms with E-state index < -0.39 is 0 Å². The average Bonchev–Trinajstić information content (AvgIpc) is 2.31. The third kappa shape index (κ3) is 4.80. The fourth-order valence-electron chi connectivity index (χ4n) is 1.53. The molecule has 1 heterocycles. The van der Waals surface area contributed by atoms with Gasteiger partial charge in [-0.25, -0.2) is 4.98 Å². The van der Waals surface area contributed by atoms with E-state index in [9.17, 15) is 4.79 Å². The Morgan fingerprint density at radius 2 is 2.17 bits per heavy atom. The minimum Gasteiger partial charge on any atom is -0.355 e. The molecule has 4 nitrogen and oxygen atoms in total. The fraction of sp³-hybridized carbons (Fsp3) is 0.500. The maximum atomic E-state index is 11.5. The topological polar surface area (TPSA) is 45.2 Å². The molecule has 6 heteroatoms. The molecule has 1 amide bonds. The van der Waals surface area contributed by atoms with Crippen LogP contribution in [-0.2, 0) is 11.3 Å². The summed E-state index contributed by atoms with van der Waals surface area (Å²) in [5.41, 5.74) is 0.868. The lowest BCUT2D eigenvalue weighted by molar-refractivity contribution is -0.122. The first-order chi connectivity index (χ1) is 8.56. The molecule has 0 aliphatic carbocycles. The number of carbonyl (C=O) groups is 1. The van der Waals surface area contributed by atoms with E-state index in [2.05, 4.69) is 10.3 Å². The second-order valence-corrected chi connectivity index (χ2v) is 4.65. The number of halogens is 2. The number of nitrogens with one attached hydrogen (secondary N) is 1. The maximum absolute atomic E-state index is 11.5. The number of amides is 1. The van der Waals surface area contributed by atoms with Crippen molar-refractivity contribution >= 4 is 29.1 Å². The first kappa shape index (κ1) is 15.2. The molecule has 100 valence electrons. The van der Waals surface area contributed by atoms with Crippen molar-refractivity contribution in [2.75, 3.05) is 19.6 Å². The van der Waals surface area contributed by atoms with Gasteiger partial charge in [0.2, 0.25) is 5.91 Å². The predicted octanol–water partition coefficient (Wildman–Crippen LogP) is 2.35. The molecule has 0 aliphatic rings.